The molecule has 0 bridgehead atoms. The van der Waals surface area contributed by atoms with Crippen LogP contribution >= 0.6 is 0 Å². The molecule has 0 aliphatic rings. The number of nitrogens with zero attached hydrogens (tertiary/aromatic N) is 4. The van der Waals surface area contributed by atoms with Crippen LogP contribution < -0.4 is 0 Å². The second-order valence-corrected chi connectivity index (χ2v) is 3.22. The number of carboxylic acid groups (broad SMARTS) is 1. The fraction of sp³-hybridized carbons (Fsp3) is 0.200. The number of fused-ring (bicyclic) bond motifs is 1. The summed E-state index contributed by atoms with van der Waals surface area (Å²) in [6.07, 6.45) is 1.33. The normalized spacial score (nSPS) is 10.3. The fourth-order valence-corrected chi connectivity index (χ4v) is 1.43. The Bertz CT molecular complexity index is 628. The van der Waals surface area contributed by atoms with Crippen LogP contribution in [0.1, 0.15) is 27.8 Å². The van der Waals surface area contributed by atoms with Gasteiger partial charge >= 0.3 is 11.9 Å². The van der Waals surface area contributed by atoms with Gasteiger partial charge in [0.2, 0.25) is 5.65 Å². The molecular formula is C10H8N4O4. The molecule has 0 aliphatic carbocycles. The predicted molar refractivity (Wildman–Crippen MR) is 58.0 cm³/mol. The Balaban J connectivity index is 2.74. The summed E-state index contributed by atoms with van der Waals surface area (Å²) in [6, 6.07) is 1.44. The summed E-state index contributed by atoms with van der Waals surface area (Å²) < 4.78 is 4.81. The maximum absolute atomic E-state index is 11.8. The largest absolute Gasteiger partial charge is 0.476 e. The number of rotatable bonds is 3. The van der Waals surface area contributed by atoms with E-state index >= 15 is 0 Å². The molecule has 0 radical (unpaired) electrons. The van der Waals surface area contributed by atoms with E-state index in [-0.39, 0.29) is 23.2 Å². The van der Waals surface area contributed by atoms with E-state index in [0.717, 1.165) is 0 Å². The summed E-state index contributed by atoms with van der Waals surface area (Å²) >= 11 is 0. The topological polar surface area (TPSA) is 115 Å². The highest BCUT2D eigenvalue weighted by Crippen LogP contribution is 2.17. The molecule has 0 fully saturated rings. The Labute approximate surface area is 101 Å². The van der Waals surface area contributed by atoms with Crippen molar-refractivity contribution in [3.8, 4) is 0 Å². The average molecular weight is 248 g/mol. The van der Waals surface area contributed by atoms with Crippen LogP contribution in [0.25, 0.3) is 11.0 Å². The molecule has 0 amide bonds. The molecule has 2 aromatic heterocycles. The smallest absolute Gasteiger partial charge is 0.357 e. The van der Waals surface area contributed by atoms with Crippen LogP contribution in [0.3, 0.4) is 0 Å². The molecule has 8 heteroatoms. The molecule has 0 aromatic carbocycles. The first-order valence-corrected chi connectivity index (χ1v) is 5.03. The van der Waals surface area contributed by atoms with Gasteiger partial charge in [0.1, 0.15) is 5.56 Å². The van der Waals surface area contributed by atoms with Gasteiger partial charge in [0.25, 0.3) is 0 Å². The van der Waals surface area contributed by atoms with Gasteiger partial charge in [-0.25, -0.2) is 9.59 Å². The summed E-state index contributed by atoms with van der Waals surface area (Å²) in [5, 5.41) is 23.5. The van der Waals surface area contributed by atoms with Crippen LogP contribution in [0.2, 0.25) is 0 Å². The lowest BCUT2D eigenvalue weighted by molar-refractivity contribution is 0.0515. The van der Waals surface area contributed by atoms with E-state index in [1.807, 2.05) is 0 Å². The Morgan fingerprint density at radius 2 is 2.11 bits per heavy atom. The minimum atomic E-state index is -1.36. The quantitative estimate of drug-likeness (QED) is 0.771. The van der Waals surface area contributed by atoms with Gasteiger partial charge in [0, 0.05) is 5.39 Å². The highest BCUT2D eigenvalue weighted by Gasteiger charge is 2.24. The van der Waals surface area contributed by atoms with E-state index in [4.69, 9.17) is 9.84 Å². The predicted octanol–water partition coefficient (Wildman–Crippen LogP) is 0.295. The van der Waals surface area contributed by atoms with Gasteiger partial charge < -0.3 is 9.84 Å². The van der Waals surface area contributed by atoms with Gasteiger partial charge in [-0.2, -0.15) is 5.10 Å². The molecule has 2 aromatic rings. The Hall–Kier alpha value is -2.64. The van der Waals surface area contributed by atoms with Crippen molar-refractivity contribution >= 4 is 23.0 Å². The molecule has 1 N–H and O–H groups in total. The van der Waals surface area contributed by atoms with Gasteiger partial charge in [0.15, 0.2) is 5.69 Å². The molecule has 0 atom stereocenters. The van der Waals surface area contributed by atoms with Crippen molar-refractivity contribution < 1.29 is 19.4 Å². The molecular weight excluding hydrogens is 240 g/mol. The molecule has 0 unspecified atom stereocenters. The van der Waals surface area contributed by atoms with Crippen molar-refractivity contribution in [3.63, 3.8) is 0 Å². The first kappa shape index (κ1) is 11.8. The highest BCUT2D eigenvalue weighted by molar-refractivity contribution is 6.09. The number of carbonyl (C=O) groups excluding carboxylic acids is 1. The van der Waals surface area contributed by atoms with E-state index in [2.05, 4.69) is 20.4 Å². The number of hydrogen-bond donors (Lipinski definition) is 1. The van der Waals surface area contributed by atoms with Crippen LogP contribution in [-0.4, -0.2) is 44.0 Å². The molecule has 2 rings (SSSR count). The fourth-order valence-electron chi connectivity index (χ4n) is 1.43. The Morgan fingerprint density at radius 1 is 1.33 bits per heavy atom. The van der Waals surface area contributed by atoms with E-state index < -0.39 is 17.6 Å². The summed E-state index contributed by atoms with van der Waals surface area (Å²) in [7, 11) is 0. The van der Waals surface area contributed by atoms with Crippen molar-refractivity contribution in [2.24, 2.45) is 0 Å². The maximum atomic E-state index is 11.8. The van der Waals surface area contributed by atoms with Gasteiger partial charge in [0.05, 0.1) is 12.8 Å². The lowest BCUT2D eigenvalue weighted by Gasteiger charge is -2.06. The lowest BCUT2D eigenvalue weighted by Crippen LogP contribution is -2.15. The van der Waals surface area contributed by atoms with Crippen molar-refractivity contribution in [2.45, 2.75) is 6.92 Å². The van der Waals surface area contributed by atoms with Crippen molar-refractivity contribution in [1.29, 1.82) is 0 Å². The molecule has 2 heterocycles. The SMILES string of the molecule is CCOC(=O)c1c(C(=O)O)nnc2nnccc12. The standard InChI is InChI=1S/C10H8N4O4/c1-2-18-10(17)6-5-3-4-11-13-8(5)14-12-7(6)9(15)16/h3-4H,2H2,1H3,(H,15,16). The summed E-state index contributed by atoms with van der Waals surface area (Å²) in [5.41, 5.74) is -0.538. The number of hydrogen-bond acceptors (Lipinski definition) is 7. The molecule has 0 aliphatic heterocycles. The highest BCUT2D eigenvalue weighted by atomic mass is 16.5. The second kappa shape index (κ2) is 4.70. The van der Waals surface area contributed by atoms with Crippen molar-refractivity contribution in [3.05, 3.63) is 23.5 Å². The molecule has 92 valence electrons. The maximum Gasteiger partial charge on any atom is 0.357 e. The van der Waals surface area contributed by atoms with Crippen LogP contribution in [-0.2, 0) is 4.74 Å². The van der Waals surface area contributed by atoms with Crippen LogP contribution in [0.4, 0.5) is 0 Å². The summed E-state index contributed by atoms with van der Waals surface area (Å²) in [5.74, 6) is -2.13. The zero-order valence-corrected chi connectivity index (χ0v) is 9.32. The average Bonchev–Trinajstić information content (AvgIpc) is 2.37. The number of carbonyl (C=O) groups is 2. The molecule has 8 nitrogen and oxygen atoms in total. The van der Waals surface area contributed by atoms with Gasteiger partial charge in [-0.15, -0.1) is 15.3 Å². The molecule has 0 saturated carbocycles. The third kappa shape index (κ3) is 1.95. The number of aromatic carboxylic acids is 1. The second-order valence-electron chi connectivity index (χ2n) is 3.22. The third-order valence-corrected chi connectivity index (χ3v) is 2.13. The van der Waals surface area contributed by atoms with Gasteiger partial charge in [-0.05, 0) is 13.0 Å². The van der Waals surface area contributed by atoms with Gasteiger partial charge in [-0.1, -0.05) is 0 Å². The number of ether oxygens (including phenoxy) is 1. The zero-order valence-electron chi connectivity index (χ0n) is 9.32. The van der Waals surface area contributed by atoms with E-state index in [1.54, 1.807) is 6.92 Å². The van der Waals surface area contributed by atoms with Crippen LogP contribution in [0.5, 0.6) is 0 Å². The summed E-state index contributed by atoms with van der Waals surface area (Å²) in [6.45, 7) is 1.75. The van der Waals surface area contributed by atoms with Crippen LogP contribution in [0, 0.1) is 0 Å². The van der Waals surface area contributed by atoms with E-state index in [9.17, 15) is 9.59 Å². The Kier molecular flexibility index (Phi) is 3.09. The first-order valence-electron chi connectivity index (χ1n) is 5.03. The van der Waals surface area contributed by atoms with Crippen molar-refractivity contribution in [2.75, 3.05) is 6.61 Å². The third-order valence-electron chi connectivity index (χ3n) is 2.13. The Morgan fingerprint density at radius 3 is 2.78 bits per heavy atom. The number of aromatic nitrogens is 4. The number of esters is 1. The van der Waals surface area contributed by atoms with Gasteiger partial charge in [-0.3, -0.25) is 0 Å². The molecule has 18 heavy (non-hydrogen) atoms. The molecule has 0 saturated heterocycles. The lowest BCUT2D eigenvalue weighted by atomic mass is 10.1. The first-order chi connectivity index (χ1) is 8.65. The number of carboxylic acids is 1. The van der Waals surface area contributed by atoms with E-state index in [1.165, 1.54) is 12.3 Å². The minimum absolute atomic E-state index is 0.0885. The molecule has 0 spiro atoms. The zero-order chi connectivity index (χ0) is 13.1. The minimum Gasteiger partial charge on any atom is -0.476 e. The summed E-state index contributed by atoms with van der Waals surface area (Å²) in [4.78, 5) is 22.8. The monoisotopic (exact) mass is 248 g/mol. The van der Waals surface area contributed by atoms with Crippen LogP contribution in [0.15, 0.2) is 12.3 Å². The van der Waals surface area contributed by atoms with E-state index in [0.29, 0.717) is 0 Å². The van der Waals surface area contributed by atoms with Crippen molar-refractivity contribution in [1.82, 2.24) is 20.4 Å².